The summed E-state index contributed by atoms with van der Waals surface area (Å²) in [6.45, 7) is 7.84. The van der Waals surface area contributed by atoms with Gasteiger partial charge in [-0.1, -0.05) is 19.1 Å². The molecule has 1 amide bonds. The van der Waals surface area contributed by atoms with Gasteiger partial charge in [0.1, 0.15) is 12.1 Å². The average Bonchev–Trinajstić information content (AvgIpc) is 2.56. The molecule has 5 heteroatoms. The zero-order valence-corrected chi connectivity index (χ0v) is 13.3. The molecule has 0 spiro atoms. The highest BCUT2D eigenvalue weighted by Gasteiger charge is 2.08. The summed E-state index contributed by atoms with van der Waals surface area (Å²) in [4.78, 5) is 22.4. The Morgan fingerprint density at radius 1 is 1.14 bits per heavy atom. The van der Waals surface area contributed by atoms with Gasteiger partial charge in [-0.3, -0.25) is 4.79 Å². The first-order chi connectivity index (χ1) is 10.7. The predicted octanol–water partition coefficient (Wildman–Crippen LogP) is 3.34. The van der Waals surface area contributed by atoms with E-state index in [2.05, 4.69) is 34.0 Å². The van der Waals surface area contributed by atoms with Crippen LogP contribution in [0.4, 0.5) is 11.5 Å². The van der Waals surface area contributed by atoms with Crippen LogP contribution in [0.5, 0.6) is 0 Å². The zero-order valence-electron chi connectivity index (χ0n) is 13.3. The van der Waals surface area contributed by atoms with Gasteiger partial charge in [0.25, 0.3) is 0 Å². The fraction of sp³-hybridized carbons (Fsp3) is 0.353. The van der Waals surface area contributed by atoms with Gasteiger partial charge in [0.2, 0.25) is 5.91 Å². The molecule has 2 aromatic rings. The Labute approximate surface area is 131 Å². The summed E-state index contributed by atoms with van der Waals surface area (Å²) in [5.41, 5.74) is 2.60. The molecule has 0 bridgehead atoms. The molecule has 0 saturated heterocycles. The number of aromatic nitrogens is 2. The SMILES string of the molecule is CCC(=O)Nc1cccc(-c2cc(N(CC)CC)ncn2)c1. The van der Waals surface area contributed by atoms with Crippen molar-refractivity contribution in [3.05, 3.63) is 36.7 Å². The standard InChI is InChI=1S/C17H22N4O/c1-4-17(22)20-14-9-7-8-13(10-14)15-11-16(19-12-18-15)21(5-2)6-3/h7-12H,4-6H2,1-3H3,(H,20,22). The number of amides is 1. The molecule has 0 aliphatic heterocycles. The van der Waals surface area contributed by atoms with Gasteiger partial charge in [-0.05, 0) is 26.0 Å². The van der Waals surface area contributed by atoms with E-state index in [0.717, 1.165) is 35.9 Å². The minimum absolute atomic E-state index is 0.00340. The van der Waals surface area contributed by atoms with Crippen molar-refractivity contribution in [2.24, 2.45) is 0 Å². The lowest BCUT2D eigenvalue weighted by molar-refractivity contribution is -0.115. The molecule has 1 N–H and O–H groups in total. The van der Waals surface area contributed by atoms with E-state index in [4.69, 9.17) is 0 Å². The Morgan fingerprint density at radius 2 is 1.91 bits per heavy atom. The van der Waals surface area contributed by atoms with E-state index < -0.39 is 0 Å². The normalized spacial score (nSPS) is 10.3. The summed E-state index contributed by atoms with van der Waals surface area (Å²) in [7, 11) is 0. The topological polar surface area (TPSA) is 58.1 Å². The fourth-order valence-electron chi connectivity index (χ4n) is 2.23. The van der Waals surface area contributed by atoms with Crippen LogP contribution in [0.2, 0.25) is 0 Å². The van der Waals surface area contributed by atoms with Crippen molar-refractivity contribution in [2.75, 3.05) is 23.3 Å². The first-order valence-corrected chi connectivity index (χ1v) is 7.65. The summed E-state index contributed by atoms with van der Waals surface area (Å²) in [6.07, 6.45) is 2.05. The van der Waals surface area contributed by atoms with Crippen molar-refractivity contribution in [3.63, 3.8) is 0 Å². The molecule has 0 atom stereocenters. The number of hydrogen-bond acceptors (Lipinski definition) is 4. The van der Waals surface area contributed by atoms with Gasteiger partial charge in [-0.25, -0.2) is 9.97 Å². The van der Waals surface area contributed by atoms with Crippen molar-refractivity contribution in [1.29, 1.82) is 0 Å². The Morgan fingerprint density at radius 3 is 2.59 bits per heavy atom. The molecule has 5 nitrogen and oxygen atoms in total. The molecule has 1 aromatic heterocycles. The molecule has 0 unspecified atom stereocenters. The van der Waals surface area contributed by atoms with E-state index in [9.17, 15) is 4.79 Å². The fourth-order valence-corrected chi connectivity index (χ4v) is 2.23. The second-order valence-corrected chi connectivity index (χ2v) is 4.92. The van der Waals surface area contributed by atoms with Crippen molar-refractivity contribution in [2.45, 2.75) is 27.2 Å². The first kappa shape index (κ1) is 15.9. The number of anilines is 2. The summed E-state index contributed by atoms with van der Waals surface area (Å²) in [5, 5.41) is 2.87. The van der Waals surface area contributed by atoms with Crippen LogP contribution >= 0.6 is 0 Å². The third-order valence-electron chi connectivity index (χ3n) is 3.50. The van der Waals surface area contributed by atoms with Gasteiger partial charge in [-0.15, -0.1) is 0 Å². The lowest BCUT2D eigenvalue weighted by Gasteiger charge is -2.19. The van der Waals surface area contributed by atoms with Crippen LogP contribution in [0.15, 0.2) is 36.7 Å². The molecule has 1 heterocycles. The monoisotopic (exact) mass is 298 g/mol. The van der Waals surface area contributed by atoms with Crippen LogP contribution in [-0.4, -0.2) is 29.0 Å². The second-order valence-electron chi connectivity index (χ2n) is 4.92. The minimum atomic E-state index is 0.00340. The van der Waals surface area contributed by atoms with E-state index in [-0.39, 0.29) is 5.91 Å². The Bertz CT molecular complexity index is 638. The summed E-state index contributed by atoms with van der Waals surface area (Å²) < 4.78 is 0. The molecule has 2 rings (SSSR count). The van der Waals surface area contributed by atoms with Crippen LogP contribution in [-0.2, 0) is 4.79 Å². The van der Waals surface area contributed by atoms with Crippen LogP contribution < -0.4 is 10.2 Å². The molecular weight excluding hydrogens is 276 g/mol. The smallest absolute Gasteiger partial charge is 0.224 e. The highest BCUT2D eigenvalue weighted by atomic mass is 16.1. The average molecular weight is 298 g/mol. The molecule has 0 aliphatic rings. The number of carbonyl (C=O) groups is 1. The van der Waals surface area contributed by atoms with Crippen molar-refractivity contribution in [1.82, 2.24) is 9.97 Å². The Hall–Kier alpha value is -2.43. The van der Waals surface area contributed by atoms with Crippen LogP contribution in [0.3, 0.4) is 0 Å². The minimum Gasteiger partial charge on any atom is -0.357 e. The lowest BCUT2D eigenvalue weighted by atomic mass is 10.1. The maximum Gasteiger partial charge on any atom is 0.224 e. The first-order valence-electron chi connectivity index (χ1n) is 7.65. The van der Waals surface area contributed by atoms with E-state index in [0.29, 0.717) is 6.42 Å². The quantitative estimate of drug-likeness (QED) is 0.888. The maximum atomic E-state index is 11.5. The number of hydrogen-bond donors (Lipinski definition) is 1. The number of carbonyl (C=O) groups excluding carboxylic acids is 1. The number of benzene rings is 1. The van der Waals surface area contributed by atoms with E-state index >= 15 is 0 Å². The highest BCUT2D eigenvalue weighted by molar-refractivity contribution is 5.91. The van der Waals surface area contributed by atoms with Gasteiger partial charge >= 0.3 is 0 Å². The summed E-state index contributed by atoms with van der Waals surface area (Å²) >= 11 is 0. The molecular formula is C17H22N4O. The van der Waals surface area contributed by atoms with Gasteiger partial charge < -0.3 is 10.2 Å². The van der Waals surface area contributed by atoms with E-state index in [1.807, 2.05) is 37.3 Å². The maximum absolute atomic E-state index is 11.5. The van der Waals surface area contributed by atoms with Crippen molar-refractivity contribution >= 4 is 17.4 Å². The Kier molecular flexibility index (Phi) is 5.47. The van der Waals surface area contributed by atoms with E-state index in [1.54, 1.807) is 6.33 Å². The predicted molar refractivity (Wildman–Crippen MR) is 89.9 cm³/mol. The van der Waals surface area contributed by atoms with Gasteiger partial charge in [-0.2, -0.15) is 0 Å². The lowest BCUT2D eigenvalue weighted by Crippen LogP contribution is -2.22. The highest BCUT2D eigenvalue weighted by Crippen LogP contribution is 2.23. The Balaban J connectivity index is 2.30. The molecule has 1 aromatic carbocycles. The van der Waals surface area contributed by atoms with Crippen LogP contribution in [0, 0.1) is 0 Å². The van der Waals surface area contributed by atoms with E-state index in [1.165, 1.54) is 0 Å². The number of nitrogens with zero attached hydrogens (tertiary/aromatic N) is 3. The molecule has 0 saturated carbocycles. The summed E-state index contributed by atoms with van der Waals surface area (Å²) in [6, 6.07) is 9.69. The molecule has 116 valence electrons. The molecule has 22 heavy (non-hydrogen) atoms. The van der Waals surface area contributed by atoms with Crippen molar-refractivity contribution < 1.29 is 4.79 Å². The third kappa shape index (κ3) is 3.81. The second kappa shape index (κ2) is 7.54. The zero-order chi connectivity index (χ0) is 15.9. The third-order valence-corrected chi connectivity index (χ3v) is 3.50. The van der Waals surface area contributed by atoms with Gasteiger partial charge in [0.15, 0.2) is 0 Å². The van der Waals surface area contributed by atoms with Gasteiger partial charge in [0.05, 0.1) is 5.69 Å². The molecule has 0 aliphatic carbocycles. The van der Waals surface area contributed by atoms with Gasteiger partial charge in [0, 0.05) is 36.8 Å². The molecule has 0 radical (unpaired) electrons. The van der Waals surface area contributed by atoms with Crippen LogP contribution in [0.1, 0.15) is 27.2 Å². The van der Waals surface area contributed by atoms with Crippen LogP contribution in [0.25, 0.3) is 11.3 Å². The number of nitrogens with one attached hydrogen (secondary N) is 1. The number of rotatable bonds is 6. The molecule has 0 fully saturated rings. The largest absolute Gasteiger partial charge is 0.357 e. The van der Waals surface area contributed by atoms with Crippen molar-refractivity contribution in [3.8, 4) is 11.3 Å². The summed E-state index contributed by atoms with van der Waals surface area (Å²) in [5.74, 6) is 0.918.